The lowest BCUT2D eigenvalue weighted by atomic mass is 9.93. The van der Waals surface area contributed by atoms with Gasteiger partial charge in [-0.05, 0) is 49.7 Å². The number of fused-ring (bicyclic) bond motifs is 1. The molecular weight excluding hydrogens is 426 g/mol. The first-order chi connectivity index (χ1) is 16.6. The summed E-state index contributed by atoms with van der Waals surface area (Å²) in [6.07, 6.45) is 7.99. The molecule has 2 saturated carbocycles. The van der Waals surface area contributed by atoms with Gasteiger partial charge in [0.05, 0.1) is 29.8 Å². The van der Waals surface area contributed by atoms with E-state index >= 15 is 0 Å². The largest absolute Gasteiger partial charge is 0.380 e. The van der Waals surface area contributed by atoms with E-state index in [0.717, 1.165) is 73.8 Å². The lowest BCUT2D eigenvalue weighted by Gasteiger charge is -2.43. The van der Waals surface area contributed by atoms with Crippen LogP contribution in [0.2, 0.25) is 0 Å². The highest BCUT2D eigenvalue weighted by molar-refractivity contribution is 5.82. The van der Waals surface area contributed by atoms with Crippen LogP contribution in [0.15, 0.2) is 36.8 Å². The van der Waals surface area contributed by atoms with Gasteiger partial charge in [0.25, 0.3) is 0 Å². The molecule has 4 heterocycles. The van der Waals surface area contributed by atoms with Crippen LogP contribution < -0.4 is 4.90 Å². The molecule has 0 N–H and O–H groups in total. The van der Waals surface area contributed by atoms with Crippen molar-refractivity contribution < 1.29 is 4.74 Å². The van der Waals surface area contributed by atoms with E-state index in [9.17, 15) is 5.26 Å². The van der Waals surface area contributed by atoms with Gasteiger partial charge >= 0.3 is 0 Å². The molecule has 1 aromatic carbocycles. The van der Waals surface area contributed by atoms with Crippen molar-refractivity contribution in [3.05, 3.63) is 42.4 Å². The zero-order valence-electron chi connectivity index (χ0n) is 19.5. The molecule has 4 aliphatic rings. The van der Waals surface area contributed by atoms with Crippen molar-refractivity contribution in [3.8, 4) is 11.9 Å². The molecule has 3 aromatic rings. The first kappa shape index (κ1) is 20.4. The maximum absolute atomic E-state index is 9.98. The molecule has 1 spiro atoms. The third-order valence-electron chi connectivity index (χ3n) is 8.72. The Hall–Kier alpha value is -3.02. The van der Waals surface area contributed by atoms with Gasteiger partial charge in [-0.2, -0.15) is 10.4 Å². The van der Waals surface area contributed by atoms with Crippen molar-refractivity contribution in [2.24, 2.45) is 5.41 Å². The molecule has 2 aliphatic carbocycles. The minimum atomic E-state index is -0.312. The second kappa shape index (κ2) is 7.24. The van der Waals surface area contributed by atoms with Gasteiger partial charge in [-0.3, -0.25) is 4.90 Å². The summed E-state index contributed by atoms with van der Waals surface area (Å²) in [5.74, 6) is 1.70. The maximum atomic E-state index is 9.98. The summed E-state index contributed by atoms with van der Waals surface area (Å²) < 4.78 is 7.51. The monoisotopic (exact) mass is 455 g/mol. The zero-order valence-corrected chi connectivity index (χ0v) is 19.5. The summed E-state index contributed by atoms with van der Waals surface area (Å²) in [6.45, 7) is 6.91. The van der Waals surface area contributed by atoms with Crippen molar-refractivity contribution in [1.82, 2.24) is 24.6 Å². The van der Waals surface area contributed by atoms with E-state index < -0.39 is 0 Å². The lowest BCUT2D eigenvalue weighted by Crippen LogP contribution is -2.55. The zero-order chi connectivity index (χ0) is 22.9. The Balaban J connectivity index is 1.17. The molecule has 2 saturated heterocycles. The van der Waals surface area contributed by atoms with Gasteiger partial charge in [-0.1, -0.05) is 12.1 Å². The van der Waals surface area contributed by atoms with Crippen LogP contribution in [0.1, 0.15) is 38.2 Å². The molecule has 8 nitrogen and oxygen atoms in total. The van der Waals surface area contributed by atoms with Crippen LogP contribution in [0.25, 0.3) is 16.7 Å². The summed E-state index contributed by atoms with van der Waals surface area (Å²) in [7, 11) is 0. The molecule has 0 amide bonds. The Kier molecular flexibility index (Phi) is 4.33. The van der Waals surface area contributed by atoms with Gasteiger partial charge in [-0.15, -0.1) is 0 Å². The topological polar surface area (TPSA) is 83.1 Å². The van der Waals surface area contributed by atoms with Crippen molar-refractivity contribution in [2.75, 3.05) is 37.7 Å². The number of nitriles is 1. The number of hydrogen-bond donors (Lipinski definition) is 0. The Morgan fingerprint density at radius 2 is 2.03 bits per heavy atom. The lowest BCUT2D eigenvalue weighted by molar-refractivity contribution is 0.105. The summed E-state index contributed by atoms with van der Waals surface area (Å²) in [6, 6.07) is 12.0. The molecule has 4 fully saturated rings. The summed E-state index contributed by atoms with van der Waals surface area (Å²) in [5.41, 5.74) is 2.05. The SMILES string of the molecule is C[C@@H]1CN(c2cc(-n3ncc4ccc([C@]5(C#N)CC56CC6)cc43)ncn2)CCN1[C@@H]1CCOC1. The van der Waals surface area contributed by atoms with Crippen LogP contribution in [-0.2, 0) is 10.2 Å². The molecule has 0 unspecified atom stereocenters. The molecular formula is C26H29N7O. The third-order valence-corrected chi connectivity index (χ3v) is 8.72. The fourth-order valence-corrected chi connectivity index (χ4v) is 6.45. The number of anilines is 1. The van der Waals surface area contributed by atoms with Gasteiger partial charge in [0.15, 0.2) is 5.82 Å². The Labute approximate surface area is 199 Å². The molecule has 7 rings (SSSR count). The number of ether oxygens (including phenoxy) is 1. The van der Waals surface area contributed by atoms with E-state index in [0.29, 0.717) is 12.1 Å². The number of nitrogens with zero attached hydrogens (tertiary/aromatic N) is 7. The standard InChI is InChI=1S/C26H29N7O/c1-18-13-31(7-8-32(18)21-4-9-34-14-21)23-11-24(29-17-28-23)33-22-10-20(3-2-19(22)12-30-33)26(16-27)15-25(26)5-6-25/h2-3,10-12,17-18,21H,4-9,13-15H2,1H3/t18-,21-,26-/m1/s1. The Morgan fingerprint density at radius 3 is 2.76 bits per heavy atom. The highest BCUT2D eigenvalue weighted by Gasteiger charge is 2.75. The van der Waals surface area contributed by atoms with Crippen molar-refractivity contribution in [3.63, 3.8) is 0 Å². The number of piperazine rings is 1. The predicted octanol–water partition coefficient (Wildman–Crippen LogP) is 3.06. The molecule has 8 heteroatoms. The normalized spacial score (nSPS) is 30.1. The van der Waals surface area contributed by atoms with Crippen molar-refractivity contribution in [2.45, 2.75) is 50.1 Å². The molecule has 0 radical (unpaired) electrons. The average molecular weight is 456 g/mol. The highest BCUT2D eigenvalue weighted by atomic mass is 16.5. The summed E-state index contributed by atoms with van der Waals surface area (Å²) >= 11 is 0. The fourth-order valence-electron chi connectivity index (χ4n) is 6.45. The number of hydrogen-bond acceptors (Lipinski definition) is 7. The summed E-state index contributed by atoms with van der Waals surface area (Å²) in [5, 5.41) is 15.7. The van der Waals surface area contributed by atoms with E-state index in [4.69, 9.17) is 4.74 Å². The van der Waals surface area contributed by atoms with Crippen LogP contribution in [0.3, 0.4) is 0 Å². The van der Waals surface area contributed by atoms with Gasteiger partial charge in [0.1, 0.15) is 12.1 Å². The summed E-state index contributed by atoms with van der Waals surface area (Å²) in [4.78, 5) is 14.1. The number of benzene rings is 1. The minimum Gasteiger partial charge on any atom is -0.380 e. The van der Waals surface area contributed by atoms with Crippen LogP contribution in [0.5, 0.6) is 0 Å². The number of rotatable bonds is 4. The average Bonchev–Trinajstić information content (AvgIpc) is 3.60. The van der Waals surface area contributed by atoms with Crippen molar-refractivity contribution in [1.29, 1.82) is 5.26 Å². The quantitative estimate of drug-likeness (QED) is 0.598. The van der Waals surface area contributed by atoms with E-state index in [2.05, 4.69) is 56.1 Å². The maximum Gasteiger partial charge on any atom is 0.159 e. The Bertz CT molecular complexity index is 1300. The molecule has 0 bridgehead atoms. The van der Waals surface area contributed by atoms with E-state index in [1.165, 1.54) is 12.8 Å². The molecule has 3 atom stereocenters. The second-order valence-electron chi connectivity index (χ2n) is 10.6. The highest BCUT2D eigenvalue weighted by Crippen LogP contribution is 2.78. The van der Waals surface area contributed by atoms with E-state index in [1.54, 1.807) is 6.33 Å². The van der Waals surface area contributed by atoms with Crippen LogP contribution in [0.4, 0.5) is 5.82 Å². The van der Waals surface area contributed by atoms with Crippen LogP contribution in [0, 0.1) is 16.7 Å². The van der Waals surface area contributed by atoms with E-state index in [1.807, 2.05) is 16.9 Å². The smallest absolute Gasteiger partial charge is 0.159 e. The van der Waals surface area contributed by atoms with Crippen LogP contribution >= 0.6 is 0 Å². The van der Waals surface area contributed by atoms with Crippen LogP contribution in [-0.4, -0.2) is 69.6 Å². The number of aromatic nitrogens is 4. The van der Waals surface area contributed by atoms with Gasteiger partial charge in [0, 0.05) is 49.8 Å². The van der Waals surface area contributed by atoms with Gasteiger partial charge in [0.2, 0.25) is 0 Å². The third kappa shape index (κ3) is 2.93. The minimum absolute atomic E-state index is 0.242. The first-order valence-corrected chi connectivity index (χ1v) is 12.4. The predicted molar refractivity (Wildman–Crippen MR) is 128 cm³/mol. The van der Waals surface area contributed by atoms with Gasteiger partial charge in [-0.25, -0.2) is 14.6 Å². The fraction of sp³-hybridized carbons (Fsp3) is 0.538. The second-order valence-corrected chi connectivity index (χ2v) is 10.6. The van der Waals surface area contributed by atoms with E-state index in [-0.39, 0.29) is 10.8 Å². The molecule has 2 aliphatic heterocycles. The van der Waals surface area contributed by atoms with Gasteiger partial charge < -0.3 is 9.64 Å². The molecule has 174 valence electrons. The molecule has 34 heavy (non-hydrogen) atoms. The van der Waals surface area contributed by atoms with Crippen molar-refractivity contribution >= 4 is 16.7 Å². The molecule has 2 aromatic heterocycles. The Morgan fingerprint density at radius 1 is 1.15 bits per heavy atom. The first-order valence-electron chi connectivity index (χ1n) is 12.4.